The number of hydrogen-bond acceptors (Lipinski definition) is 4. The summed E-state index contributed by atoms with van der Waals surface area (Å²) >= 11 is 0. The van der Waals surface area contributed by atoms with Gasteiger partial charge >= 0.3 is 5.97 Å². The highest BCUT2D eigenvalue weighted by molar-refractivity contribution is 5.84. The second-order valence-electron chi connectivity index (χ2n) is 3.64. The minimum absolute atomic E-state index is 0.0262. The van der Waals surface area contributed by atoms with Crippen LogP contribution in [0.3, 0.4) is 0 Å². The molecule has 0 unspecified atom stereocenters. The van der Waals surface area contributed by atoms with Crippen molar-refractivity contribution >= 4 is 5.97 Å². The highest BCUT2D eigenvalue weighted by Crippen LogP contribution is 2.38. The van der Waals surface area contributed by atoms with Gasteiger partial charge in [-0.25, -0.2) is 4.79 Å². The number of rotatable bonds is 4. The van der Waals surface area contributed by atoms with Gasteiger partial charge in [-0.15, -0.1) is 0 Å². The van der Waals surface area contributed by atoms with Crippen LogP contribution < -0.4 is 9.47 Å². The summed E-state index contributed by atoms with van der Waals surface area (Å²) in [5.41, 5.74) is 0. The zero-order chi connectivity index (χ0) is 13.7. The molecule has 0 aliphatic heterocycles. The van der Waals surface area contributed by atoms with E-state index in [1.165, 1.54) is 6.07 Å². The Labute approximate surface area is 110 Å². The minimum Gasteiger partial charge on any atom is -0.502 e. The molecule has 4 nitrogen and oxygen atoms in total. The molecule has 19 heavy (non-hydrogen) atoms. The van der Waals surface area contributed by atoms with E-state index in [9.17, 15) is 9.90 Å². The van der Waals surface area contributed by atoms with Gasteiger partial charge in [0.2, 0.25) is 5.75 Å². The molecule has 0 bridgehead atoms. The lowest BCUT2D eigenvalue weighted by atomic mass is 10.3. The summed E-state index contributed by atoms with van der Waals surface area (Å²) in [7, 11) is 0. The van der Waals surface area contributed by atoms with Crippen LogP contribution in [0.4, 0.5) is 0 Å². The second kappa shape index (κ2) is 5.73. The summed E-state index contributed by atoms with van der Waals surface area (Å²) in [5, 5.41) is 9.96. The van der Waals surface area contributed by atoms with Gasteiger partial charge in [0, 0.05) is 6.08 Å². The van der Waals surface area contributed by atoms with Gasteiger partial charge in [-0.1, -0.05) is 30.8 Å². The molecule has 0 aliphatic carbocycles. The number of ether oxygens (including phenoxy) is 2. The average molecular weight is 256 g/mol. The largest absolute Gasteiger partial charge is 0.502 e. The van der Waals surface area contributed by atoms with Crippen molar-refractivity contribution in [1.29, 1.82) is 0 Å². The Bertz CT molecular complexity index is 590. The number of para-hydroxylation sites is 2. The summed E-state index contributed by atoms with van der Waals surface area (Å²) < 4.78 is 10.4. The van der Waals surface area contributed by atoms with Crippen LogP contribution >= 0.6 is 0 Å². The van der Waals surface area contributed by atoms with Crippen molar-refractivity contribution < 1.29 is 19.4 Å². The third kappa shape index (κ3) is 3.13. The normalized spacial score (nSPS) is 9.68. The molecule has 96 valence electrons. The van der Waals surface area contributed by atoms with Gasteiger partial charge in [0.1, 0.15) is 5.75 Å². The third-order valence-electron chi connectivity index (χ3n) is 2.31. The molecule has 0 atom stereocenters. The number of benzene rings is 2. The van der Waals surface area contributed by atoms with Gasteiger partial charge in [0.05, 0.1) is 0 Å². The van der Waals surface area contributed by atoms with E-state index < -0.39 is 5.97 Å². The van der Waals surface area contributed by atoms with E-state index in [1.807, 2.05) is 18.2 Å². The van der Waals surface area contributed by atoms with Crippen LogP contribution in [-0.4, -0.2) is 11.1 Å². The third-order valence-corrected chi connectivity index (χ3v) is 2.31. The molecule has 0 heterocycles. The SMILES string of the molecule is C=CC(=O)Oc1cccc(Oc2ccccc2)c1O. The lowest BCUT2D eigenvalue weighted by Gasteiger charge is -2.10. The first-order chi connectivity index (χ1) is 9.20. The van der Waals surface area contributed by atoms with E-state index in [0.29, 0.717) is 5.75 Å². The fourth-order valence-electron chi connectivity index (χ4n) is 1.43. The van der Waals surface area contributed by atoms with Gasteiger partial charge in [-0.2, -0.15) is 0 Å². The Hall–Kier alpha value is -2.75. The molecule has 0 fully saturated rings. The lowest BCUT2D eigenvalue weighted by Crippen LogP contribution is -2.03. The molecular weight excluding hydrogens is 244 g/mol. The molecule has 0 radical (unpaired) electrons. The summed E-state index contributed by atoms with van der Waals surface area (Å²) in [6.07, 6.45) is 1.02. The fourth-order valence-corrected chi connectivity index (χ4v) is 1.43. The standard InChI is InChI=1S/C15H12O4/c1-2-14(16)19-13-10-6-9-12(15(13)17)18-11-7-4-3-5-8-11/h2-10,17H,1H2. The predicted octanol–water partition coefficient (Wildman–Crippen LogP) is 3.28. The zero-order valence-corrected chi connectivity index (χ0v) is 10.1. The molecule has 2 aromatic rings. The molecule has 2 rings (SSSR count). The number of carbonyl (C=O) groups is 1. The van der Waals surface area contributed by atoms with Gasteiger partial charge in [-0.05, 0) is 24.3 Å². The molecule has 0 amide bonds. The van der Waals surface area contributed by atoms with E-state index in [-0.39, 0.29) is 17.2 Å². The van der Waals surface area contributed by atoms with Crippen molar-refractivity contribution in [2.24, 2.45) is 0 Å². The maximum absolute atomic E-state index is 11.1. The molecule has 4 heteroatoms. The van der Waals surface area contributed by atoms with Crippen LogP contribution in [0, 0.1) is 0 Å². The van der Waals surface area contributed by atoms with E-state index in [1.54, 1.807) is 24.3 Å². The van der Waals surface area contributed by atoms with Crippen molar-refractivity contribution in [2.75, 3.05) is 0 Å². The molecule has 0 spiro atoms. The lowest BCUT2D eigenvalue weighted by molar-refractivity contribution is -0.129. The second-order valence-corrected chi connectivity index (χ2v) is 3.64. The first-order valence-electron chi connectivity index (χ1n) is 5.60. The quantitative estimate of drug-likeness (QED) is 0.518. The van der Waals surface area contributed by atoms with Crippen LogP contribution in [0.25, 0.3) is 0 Å². The monoisotopic (exact) mass is 256 g/mol. The number of phenols is 1. The Morgan fingerprint density at radius 2 is 1.74 bits per heavy atom. The van der Waals surface area contributed by atoms with Crippen LogP contribution in [-0.2, 0) is 4.79 Å². The van der Waals surface area contributed by atoms with Crippen molar-refractivity contribution in [1.82, 2.24) is 0 Å². The van der Waals surface area contributed by atoms with Crippen LogP contribution in [0.15, 0.2) is 61.2 Å². The van der Waals surface area contributed by atoms with Crippen molar-refractivity contribution in [2.45, 2.75) is 0 Å². The Kier molecular flexibility index (Phi) is 3.83. The summed E-state index contributed by atoms with van der Waals surface area (Å²) in [6.45, 7) is 3.29. The highest BCUT2D eigenvalue weighted by Gasteiger charge is 2.12. The zero-order valence-electron chi connectivity index (χ0n) is 10.1. The maximum atomic E-state index is 11.1. The molecule has 2 aromatic carbocycles. The molecular formula is C15H12O4. The van der Waals surface area contributed by atoms with Gasteiger partial charge in [0.15, 0.2) is 11.5 Å². The van der Waals surface area contributed by atoms with Crippen molar-refractivity contribution in [3.05, 3.63) is 61.2 Å². The Morgan fingerprint density at radius 1 is 1.05 bits per heavy atom. The molecule has 0 saturated carbocycles. The van der Waals surface area contributed by atoms with E-state index in [2.05, 4.69) is 6.58 Å². The number of esters is 1. The van der Waals surface area contributed by atoms with Gasteiger partial charge < -0.3 is 14.6 Å². The number of carbonyl (C=O) groups excluding carboxylic acids is 1. The smallest absolute Gasteiger partial charge is 0.335 e. The van der Waals surface area contributed by atoms with Crippen LogP contribution in [0.2, 0.25) is 0 Å². The first-order valence-corrected chi connectivity index (χ1v) is 5.60. The Morgan fingerprint density at radius 3 is 2.42 bits per heavy atom. The van der Waals surface area contributed by atoms with Crippen LogP contribution in [0.5, 0.6) is 23.0 Å². The summed E-state index contributed by atoms with van der Waals surface area (Å²) in [5.74, 6) is -0.0717. The van der Waals surface area contributed by atoms with E-state index in [4.69, 9.17) is 9.47 Å². The first kappa shape index (κ1) is 12.7. The van der Waals surface area contributed by atoms with E-state index >= 15 is 0 Å². The molecule has 0 aliphatic rings. The van der Waals surface area contributed by atoms with Crippen molar-refractivity contribution in [3.8, 4) is 23.0 Å². The van der Waals surface area contributed by atoms with Gasteiger partial charge in [-0.3, -0.25) is 0 Å². The van der Waals surface area contributed by atoms with Gasteiger partial charge in [0.25, 0.3) is 0 Å². The van der Waals surface area contributed by atoms with E-state index in [0.717, 1.165) is 6.08 Å². The number of phenolic OH excluding ortho intramolecular Hbond substituents is 1. The average Bonchev–Trinajstić information content (AvgIpc) is 2.44. The molecule has 0 saturated heterocycles. The predicted molar refractivity (Wildman–Crippen MR) is 70.5 cm³/mol. The summed E-state index contributed by atoms with van der Waals surface area (Å²) in [4.78, 5) is 11.1. The fraction of sp³-hybridized carbons (Fsp3) is 0. The topological polar surface area (TPSA) is 55.8 Å². The number of aromatic hydroxyl groups is 1. The van der Waals surface area contributed by atoms with Crippen LogP contribution in [0.1, 0.15) is 0 Å². The Balaban J connectivity index is 2.25. The maximum Gasteiger partial charge on any atom is 0.335 e. The highest BCUT2D eigenvalue weighted by atomic mass is 16.5. The summed E-state index contributed by atoms with van der Waals surface area (Å²) in [6, 6.07) is 13.6. The molecule has 1 N–H and O–H groups in total. The minimum atomic E-state index is -0.646. The number of hydrogen-bond donors (Lipinski definition) is 1. The molecule has 0 aromatic heterocycles. The van der Waals surface area contributed by atoms with Crippen molar-refractivity contribution in [3.63, 3.8) is 0 Å².